The van der Waals surface area contributed by atoms with E-state index in [2.05, 4.69) is 76.0 Å². The summed E-state index contributed by atoms with van der Waals surface area (Å²) >= 11 is 7.35. The van der Waals surface area contributed by atoms with Gasteiger partial charge in [-0.3, -0.25) is 0 Å². The third-order valence-electron chi connectivity index (χ3n) is 4.92. The number of hydrogen-bond acceptors (Lipinski definition) is 1. The van der Waals surface area contributed by atoms with E-state index < -0.39 is 0 Å². The number of hydrogen-bond donors (Lipinski definition) is 0. The smallest absolute Gasteiger partial charge is 0.128 e. The molecule has 2 aromatic carbocycles. The van der Waals surface area contributed by atoms with Gasteiger partial charge in [0.15, 0.2) is 0 Å². The minimum Gasteiger partial charge on any atom is -0.496 e. The van der Waals surface area contributed by atoms with Gasteiger partial charge in [0.2, 0.25) is 0 Å². The van der Waals surface area contributed by atoms with Crippen LogP contribution in [0.3, 0.4) is 0 Å². The van der Waals surface area contributed by atoms with E-state index in [4.69, 9.17) is 4.74 Å². The number of methoxy groups -OCH3 is 1. The molecule has 0 fully saturated rings. The van der Waals surface area contributed by atoms with Crippen LogP contribution in [0.4, 0.5) is 0 Å². The van der Waals surface area contributed by atoms with E-state index in [0.717, 1.165) is 27.5 Å². The minimum absolute atomic E-state index is 0.0923. The molecule has 0 spiro atoms. The van der Waals surface area contributed by atoms with E-state index in [0.29, 0.717) is 0 Å². The monoisotopic (exact) mass is 436 g/mol. The van der Waals surface area contributed by atoms with Crippen molar-refractivity contribution in [1.29, 1.82) is 0 Å². The Labute approximate surface area is 155 Å². The molecule has 0 radical (unpaired) electrons. The first-order valence-corrected chi connectivity index (χ1v) is 9.84. The van der Waals surface area contributed by atoms with Gasteiger partial charge in [-0.25, -0.2) is 0 Å². The number of rotatable bonds is 5. The summed E-state index contributed by atoms with van der Waals surface area (Å²) in [5.41, 5.74) is 5.56. The first-order valence-electron chi connectivity index (χ1n) is 8.25. The summed E-state index contributed by atoms with van der Waals surface area (Å²) in [6.45, 7) is 4.56. The van der Waals surface area contributed by atoms with Crippen LogP contribution in [-0.4, -0.2) is 7.11 Å². The lowest BCUT2D eigenvalue weighted by Gasteiger charge is -2.32. The Bertz CT molecular complexity index is 731. The van der Waals surface area contributed by atoms with Gasteiger partial charge in [-0.05, 0) is 53.8 Å². The topological polar surface area (TPSA) is 9.23 Å². The minimum atomic E-state index is 0.0923. The van der Waals surface area contributed by atoms with Crippen molar-refractivity contribution in [3.05, 3.63) is 50.4 Å². The predicted octanol–water partition coefficient (Wildman–Crippen LogP) is 7.09. The van der Waals surface area contributed by atoms with Crippen molar-refractivity contribution < 1.29 is 4.74 Å². The van der Waals surface area contributed by atoms with Crippen molar-refractivity contribution >= 4 is 31.9 Å². The van der Waals surface area contributed by atoms with Crippen molar-refractivity contribution in [3.8, 4) is 16.9 Å². The molecule has 3 heteroatoms. The lowest BCUT2D eigenvalue weighted by molar-refractivity contribution is 0.411. The molecule has 0 bridgehead atoms. The molecule has 0 aliphatic heterocycles. The molecule has 0 heterocycles. The van der Waals surface area contributed by atoms with Crippen LogP contribution in [0.2, 0.25) is 0 Å². The van der Waals surface area contributed by atoms with Gasteiger partial charge in [0, 0.05) is 19.9 Å². The van der Waals surface area contributed by atoms with Gasteiger partial charge in [-0.15, -0.1) is 0 Å². The van der Waals surface area contributed by atoms with Gasteiger partial charge in [0.1, 0.15) is 5.75 Å². The maximum atomic E-state index is 5.73. The highest BCUT2D eigenvalue weighted by Crippen LogP contribution is 2.57. The van der Waals surface area contributed by atoms with Crippen molar-refractivity contribution in [2.45, 2.75) is 44.9 Å². The van der Waals surface area contributed by atoms with Gasteiger partial charge in [-0.2, -0.15) is 0 Å². The molecule has 0 saturated carbocycles. The summed E-state index contributed by atoms with van der Waals surface area (Å²) in [7, 11) is 1.76. The van der Waals surface area contributed by atoms with Crippen molar-refractivity contribution in [3.63, 3.8) is 0 Å². The maximum Gasteiger partial charge on any atom is 0.128 e. The molecule has 2 aromatic rings. The Kier molecular flexibility index (Phi) is 4.89. The van der Waals surface area contributed by atoms with Gasteiger partial charge in [0.05, 0.1) is 7.11 Å². The molecular formula is C20H22Br2O. The molecule has 0 amide bonds. The average Bonchev–Trinajstić information content (AvgIpc) is 2.78. The predicted molar refractivity (Wildman–Crippen MR) is 104 cm³/mol. The lowest BCUT2D eigenvalue weighted by Crippen LogP contribution is -2.25. The summed E-state index contributed by atoms with van der Waals surface area (Å²) in [5, 5.41) is 0. The first-order chi connectivity index (χ1) is 11.1. The fourth-order valence-electron chi connectivity index (χ4n) is 4.19. The fourth-order valence-corrected chi connectivity index (χ4v) is 4.99. The van der Waals surface area contributed by atoms with Crippen LogP contribution in [0, 0.1) is 0 Å². The van der Waals surface area contributed by atoms with E-state index in [1.165, 1.54) is 35.1 Å². The number of fused-ring (bicyclic) bond motifs is 3. The Morgan fingerprint density at radius 3 is 2.17 bits per heavy atom. The molecule has 3 rings (SSSR count). The van der Waals surface area contributed by atoms with Crippen LogP contribution in [0.25, 0.3) is 11.1 Å². The van der Waals surface area contributed by atoms with Crippen molar-refractivity contribution in [2.75, 3.05) is 7.11 Å². The van der Waals surface area contributed by atoms with E-state index in [-0.39, 0.29) is 5.41 Å². The lowest BCUT2D eigenvalue weighted by atomic mass is 9.71. The largest absolute Gasteiger partial charge is 0.496 e. The molecule has 0 atom stereocenters. The Hall–Kier alpha value is -0.800. The van der Waals surface area contributed by atoms with E-state index in [9.17, 15) is 0 Å². The fraction of sp³-hybridized carbons (Fsp3) is 0.400. The normalized spacial score (nSPS) is 14.5. The van der Waals surface area contributed by atoms with Crippen LogP contribution < -0.4 is 4.74 Å². The first kappa shape index (κ1) is 17.0. The van der Waals surface area contributed by atoms with Gasteiger partial charge < -0.3 is 4.74 Å². The molecule has 0 saturated heterocycles. The van der Waals surface area contributed by atoms with Crippen molar-refractivity contribution in [2.24, 2.45) is 0 Å². The molecule has 0 N–H and O–H groups in total. The molecule has 1 aliphatic carbocycles. The third-order valence-corrected chi connectivity index (χ3v) is 5.87. The van der Waals surface area contributed by atoms with Gasteiger partial charge >= 0.3 is 0 Å². The van der Waals surface area contributed by atoms with Crippen LogP contribution in [0.5, 0.6) is 5.75 Å². The molecule has 1 aliphatic rings. The van der Waals surface area contributed by atoms with Crippen molar-refractivity contribution in [1.82, 2.24) is 0 Å². The van der Waals surface area contributed by atoms with E-state index in [1.54, 1.807) is 7.11 Å². The zero-order valence-corrected chi connectivity index (χ0v) is 17.1. The van der Waals surface area contributed by atoms with Gasteiger partial charge in [0.25, 0.3) is 0 Å². The molecule has 122 valence electrons. The second kappa shape index (κ2) is 6.60. The zero-order valence-electron chi connectivity index (χ0n) is 13.9. The van der Waals surface area contributed by atoms with E-state index in [1.807, 2.05) is 0 Å². The van der Waals surface area contributed by atoms with Crippen LogP contribution in [0.1, 0.15) is 50.7 Å². The summed E-state index contributed by atoms with van der Waals surface area (Å²) < 4.78 is 7.98. The average molecular weight is 438 g/mol. The molecule has 0 aromatic heterocycles. The highest BCUT2D eigenvalue weighted by Gasteiger charge is 2.43. The Morgan fingerprint density at radius 2 is 1.57 bits per heavy atom. The molecule has 1 nitrogen and oxygen atoms in total. The third kappa shape index (κ3) is 2.66. The van der Waals surface area contributed by atoms with Crippen LogP contribution in [0.15, 0.2) is 39.3 Å². The quantitative estimate of drug-likeness (QED) is 0.485. The second-order valence-corrected chi connectivity index (χ2v) is 8.13. The summed E-state index contributed by atoms with van der Waals surface area (Å²) in [5.74, 6) is 0.965. The second-order valence-electron chi connectivity index (χ2n) is 6.30. The number of halogens is 2. The Morgan fingerprint density at radius 1 is 0.913 bits per heavy atom. The van der Waals surface area contributed by atoms with Gasteiger partial charge in [-0.1, -0.05) is 64.6 Å². The zero-order chi connectivity index (χ0) is 16.6. The standard InChI is InChI=1S/C20H22Br2O/c1-4-8-20(9-5-2)16-10-13(21)6-7-15(16)19-17(20)11-14(22)12-18(19)23-3/h6-7,10-12H,4-5,8-9H2,1-3H3. The highest BCUT2D eigenvalue weighted by molar-refractivity contribution is 9.10. The summed E-state index contributed by atoms with van der Waals surface area (Å²) in [6.07, 6.45) is 4.66. The maximum absolute atomic E-state index is 5.73. The number of benzene rings is 2. The van der Waals surface area contributed by atoms with Crippen LogP contribution >= 0.6 is 31.9 Å². The molecule has 23 heavy (non-hydrogen) atoms. The molecule has 0 unspecified atom stereocenters. The SMILES string of the molecule is CCCC1(CCC)c2cc(Br)ccc2-c2c(OC)cc(Br)cc21. The molecular weight excluding hydrogens is 416 g/mol. The summed E-state index contributed by atoms with van der Waals surface area (Å²) in [4.78, 5) is 0. The number of ether oxygens (including phenoxy) is 1. The van der Waals surface area contributed by atoms with E-state index >= 15 is 0 Å². The summed E-state index contributed by atoms with van der Waals surface area (Å²) in [6, 6.07) is 11.1. The highest BCUT2D eigenvalue weighted by atomic mass is 79.9. The van der Waals surface area contributed by atoms with Crippen LogP contribution in [-0.2, 0) is 5.41 Å². The Balaban J connectivity index is 2.39.